The molecule has 4 aromatic rings. The maximum atomic E-state index is 12.9. The third kappa shape index (κ3) is 3.84. The number of nitrogens with zero attached hydrogens (tertiary/aromatic N) is 7. The fraction of sp³-hybridized carbons (Fsp3) is 0.240. The molecule has 0 bridgehead atoms. The zero-order valence-electron chi connectivity index (χ0n) is 20.0. The maximum absolute atomic E-state index is 12.9. The van der Waals surface area contributed by atoms with Gasteiger partial charge in [-0.3, -0.25) is 14.5 Å². The van der Waals surface area contributed by atoms with Crippen LogP contribution < -0.4 is 10.2 Å². The van der Waals surface area contributed by atoms with E-state index >= 15 is 0 Å². The molecule has 0 spiro atoms. The van der Waals surface area contributed by atoms with Crippen molar-refractivity contribution >= 4 is 44.5 Å². The molecule has 12 heteroatoms. The van der Waals surface area contributed by atoms with Gasteiger partial charge in [-0.25, -0.2) is 4.98 Å². The first-order valence-corrected chi connectivity index (χ1v) is 12.5. The molecule has 2 aliphatic rings. The molecule has 0 atom stereocenters. The van der Waals surface area contributed by atoms with Crippen LogP contribution in [0, 0.1) is 0 Å². The lowest BCUT2D eigenvalue weighted by Crippen LogP contribution is -2.34. The van der Waals surface area contributed by atoms with E-state index in [9.17, 15) is 9.59 Å². The van der Waals surface area contributed by atoms with E-state index in [0.717, 1.165) is 32.4 Å². The van der Waals surface area contributed by atoms with Crippen LogP contribution in [0.25, 0.3) is 22.3 Å². The number of benzene rings is 2. The van der Waals surface area contributed by atoms with Crippen LogP contribution in [0.1, 0.15) is 40.5 Å². The normalized spacial score (nSPS) is 15.5. The molecule has 37 heavy (non-hydrogen) atoms. The number of imidazole rings is 1. The Labute approximate surface area is 219 Å². The number of carbonyl (C=O) groups is 2. The van der Waals surface area contributed by atoms with Crippen molar-refractivity contribution in [2.24, 2.45) is 20.7 Å². The number of amides is 2. The number of furan rings is 1. The Hall–Kier alpha value is -4.19. The summed E-state index contributed by atoms with van der Waals surface area (Å²) in [5, 5.41) is 19.0. The van der Waals surface area contributed by atoms with Crippen LogP contribution in [0.15, 0.2) is 72.0 Å². The van der Waals surface area contributed by atoms with Crippen molar-refractivity contribution < 1.29 is 14.0 Å². The fourth-order valence-electron chi connectivity index (χ4n) is 4.65. The fourth-order valence-corrected chi connectivity index (χ4v) is 5.25. The van der Waals surface area contributed by atoms with Gasteiger partial charge >= 0.3 is 0 Å². The number of rotatable bonds is 5. The third-order valence-corrected chi connectivity index (χ3v) is 7.32. The molecule has 2 amide bonds. The second-order valence-electron chi connectivity index (χ2n) is 8.72. The van der Waals surface area contributed by atoms with E-state index in [1.807, 2.05) is 54.0 Å². The largest absolute Gasteiger partial charge is 0.455 e. The van der Waals surface area contributed by atoms with Crippen LogP contribution in [0.3, 0.4) is 0 Å². The Bertz CT molecular complexity index is 1620. The summed E-state index contributed by atoms with van der Waals surface area (Å²) in [6.45, 7) is 2.32. The minimum absolute atomic E-state index is 0.0606. The van der Waals surface area contributed by atoms with Crippen LogP contribution in [0.4, 0.5) is 5.82 Å². The Morgan fingerprint density at radius 2 is 1.92 bits per heavy atom. The monoisotopic (exact) mass is 560 g/mol. The van der Waals surface area contributed by atoms with Crippen molar-refractivity contribution in [3.8, 4) is 11.3 Å². The predicted molar refractivity (Wildman–Crippen MR) is 138 cm³/mol. The van der Waals surface area contributed by atoms with Crippen LogP contribution >= 0.6 is 15.9 Å². The number of anilines is 1. The number of carbonyl (C=O) groups excluding carboxylic acids is 2. The number of likely N-dealkylation sites (N-methyl/N-ethyl adjacent to an activating group) is 1. The highest BCUT2D eigenvalue weighted by Gasteiger charge is 2.31. The summed E-state index contributed by atoms with van der Waals surface area (Å²) in [6.07, 6.45) is 0.100. The van der Waals surface area contributed by atoms with Gasteiger partial charge in [-0.05, 0) is 44.1 Å². The zero-order chi connectivity index (χ0) is 25.7. The summed E-state index contributed by atoms with van der Waals surface area (Å²) in [5.74, 6) is 1.23. The summed E-state index contributed by atoms with van der Waals surface area (Å²) < 4.78 is 8.93. The van der Waals surface area contributed by atoms with Crippen molar-refractivity contribution in [2.75, 3.05) is 18.5 Å². The first-order chi connectivity index (χ1) is 18.0. The molecular weight excluding hydrogens is 540 g/mol. The first kappa shape index (κ1) is 23.2. The predicted octanol–water partition coefficient (Wildman–Crippen LogP) is 5.21. The molecule has 1 N–H and O–H groups in total. The summed E-state index contributed by atoms with van der Waals surface area (Å²) >= 11 is 3.74. The van der Waals surface area contributed by atoms with E-state index in [0.29, 0.717) is 35.8 Å². The molecule has 4 heterocycles. The van der Waals surface area contributed by atoms with Gasteiger partial charge in [0.25, 0.3) is 5.91 Å². The summed E-state index contributed by atoms with van der Waals surface area (Å²) in [7, 11) is 1.64. The molecule has 0 unspecified atom stereocenters. The molecule has 0 saturated carbocycles. The maximum Gasteiger partial charge on any atom is 0.272 e. The number of fused-ring (bicyclic) bond motifs is 2. The molecule has 0 fully saturated rings. The molecule has 11 nitrogen and oxygen atoms in total. The second kappa shape index (κ2) is 9.04. The SMILES string of the molecule is CCc1nc2c(n1Cc1ccc3oc(-c4ccccc4C4N=NN=N4)c(Br)c3c1)C(=O)NCC(=O)N2C. The summed E-state index contributed by atoms with van der Waals surface area (Å²) in [5.41, 5.74) is 3.72. The Morgan fingerprint density at radius 1 is 1.14 bits per heavy atom. The summed E-state index contributed by atoms with van der Waals surface area (Å²) in [6, 6.07) is 13.6. The topological polar surface area (TPSA) is 130 Å². The number of halogens is 1. The molecule has 0 aliphatic carbocycles. The highest BCUT2D eigenvalue weighted by Crippen LogP contribution is 2.42. The summed E-state index contributed by atoms with van der Waals surface area (Å²) in [4.78, 5) is 31.3. The van der Waals surface area contributed by atoms with Crippen molar-refractivity contribution in [3.63, 3.8) is 0 Å². The Balaban J connectivity index is 1.41. The highest BCUT2D eigenvalue weighted by molar-refractivity contribution is 9.10. The van der Waals surface area contributed by atoms with Gasteiger partial charge in [0.05, 0.1) is 11.0 Å². The zero-order valence-corrected chi connectivity index (χ0v) is 21.6. The van der Waals surface area contributed by atoms with Gasteiger partial charge in [-0.1, -0.05) is 37.3 Å². The van der Waals surface area contributed by atoms with Crippen molar-refractivity contribution in [1.82, 2.24) is 14.9 Å². The molecule has 2 aromatic carbocycles. The standard InChI is InChI=1S/C25H21BrN8O3/c1-3-18-28-24-21(25(36)27-11-19(35)33(24)2)34(18)12-13-8-9-17-16(10-13)20(26)22(37-17)14-6-4-5-7-15(14)23-29-31-32-30-23/h4-10,23H,3,11-12H2,1-2H3,(H,27,36). The number of aryl methyl sites for hydroxylation is 1. The number of hydrogen-bond acceptors (Lipinski definition) is 8. The second-order valence-corrected chi connectivity index (χ2v) is 9.51. The van der Waals surface area contributed by atoms with Crippen LogP contribution in [0.5, 0.6) is 0 Å². The number of hydrogen-bond donors (Lipinski definition) is 1. The minimum Gasteiger partial charge on any atom is -0.455 e. The van der Waals surface area contributed by atoms with Crippen LogP contribution in [-0.2, 0) is 17.8 Å². The smallest absolute Gasteiger partial charge is 0.272 e. The first-order valence-electron chi connectivity index (χ1n) is 11.7. The molecule has 2 aliphatic heterocycles. The van der Waals surface area contributed by atoms with Gasteiger partial charge < -0.3 is 14.3 Å². The van der Waals surface area contributed by atoms with Crippen LogP contribution in [0.2, 0.25) is 0 Å². The molecular formula is C25H21BrN8O3. The quantitative estimate of drug-likeness (QED) is 0.359. The lowest BCUT2D eigenvalue weighted by Gasteiger charge is -2.12. The van der Waals surface area contributed by atoms with Gasteiger partial charge in [-0.2, -0.15) is 0 Å². The third-order valence-electron chi connectivity index (χ3n) is 6.53. The van der Waals surface area contributed by atoms with E-state index in [1.165, 1.54) is 4.90 Å². The Kier molecular flexibility index (Phi) is 5.67. The number of aromatic nitrogens is 2. The van der Waals surface area contributed by atoms with E-state index < -0.39 is 6.17 Å². The van der Waals surface area contributed by atoms with Gasteiger partial charge in [0.1, 0.15) is 17.2 Å². The lowest BCUT2D eigenvalue weighted by molar-refractivity contribution is -0.117. The lowest BCUT2D eigenvalue weighted by atomic mass is 10.0. The molecule has 186 valence electrons. The van der Waals surface area contributed by atoms with Gasteiger partial charge in [0.2, 0.25) is 12.1 Å². The van der Waals surface area contributed by atoms with E-state index in [-0.39, 0.29) is 18.4 Å². The molecule has 0 radical (unpaired) electrons. The van der Waals surface area contributed by atoms with Crippen LogP contribution in [-0.4, -0.2) is 35.0 Å². The average molecular weight is 561 g/mol. The molecule has 0 saturated heterocycles. The van der Waals surface area contributed by atoms with Crippen molar-refractivity contribution in [2.45, 2.75) is 26.1 Å². The highest BCUT2D eigenvalue weighted by atomic mass is 79.9. The molecule has 6 rings (SSSR count). The van der Waals surface area contributed by atoms with Gasteiger partial charge in [0, 0.05) is 36.5 Å². The minimum atomic E-state index is -0.507. The number of nitrogens with one attached hydrogen (secondary N) is 1. The van der Waals surface area contributed by atoms with E-state index in [2.05, 4.69) is 46.9 Å². The molecule has 2 aromatic heterocycles. The van der Waals surface area contributed by atoms with Gasteiger partial charge in [0.15, 0.2) is 11.5 Å². The Morgan fingerprint density at radius 3 is 2.70 bits per heavy atom. The van der Waals surface area contributed by atoms with E-state index in [4.69, 9.17) is 4.42 Å². The van der Waals surface area contributed by atoms with Crippen molar-refractivity contribution in [1.29, 1.82) is 0 Å². The average Bonchev–Trinajstić information content (AvgIpc) is 3.63. The van der Waals surface area contributed by atoms with Crippen molar-refractivity contribution in [3.05, 3.63) is 69.6 Å². The van der Waals surface area contributed by atoms with Gasteiger partial charge in [-0.15, -0.1) is 10.2 Å². The van der Waals surface area contributed by atoms with E-state index in [1.54, 1.807) is 7.05 Å².